The molecular formula is C32H30N2O5S. The molecular weight excluding hydrogens is 524 g/mol. The van der Waals surface area contributed by atoms with Crippen LogP contribution in [0, 0.1) is 6.92 Å². The van der Waals surface area contributed by atoms with Gasteiger partial charge in [0.25, 0.3) is 5.78 Å². The molecule has 0 spiro atoms. The van der Waals surface area contributed by atoms with E-state index in [4.69, 9.17) is 14.5 Å². The van der Waals surface area contributed by atoms with E-state index in [1.807, 2.05) is 62.4 Å². The van der Waals surface area contributed by atoms with E-state index >= 15 is 0 Å². The summed E-state index contributed by atoms with van der Waals surface area (Å²) in [4.78, 5) is 33.3. The van der Waals surface area contributed by atoms with E-state index in [1.54, 1.807) is 12.1 Å². The number of fused-ring (bicyclic) bond motifs is 2. The summed E-state index contributed by atoms with van der Waals surface area (Å²) >= 11 is 1.35. The van der Waals surface area contributed by atoms with Crippen molar-refractivity contribution >= 4 is 44.1 Å². The van der Waals surface area contributed by atoms with E-state index in [1.165, 1.54) is 16.2 Å². The van der Waals surface area contributed by atoms with Crippen LogP contribution in [0.1, 0.15) is 55.0 Å². The molecule has 3 aromatic carbocycles. The molecule has 7 nitrogen and oxygen atoms in total. The molecule has 8 heteroatoms. The highest BCUT2D eigenvalue weighted by atomic mass is 32.1. The zero-order valence-electron chi connectivity index (χ0n) is 22.6. The monoisotopic (exact) mass is 554 g/mol. The Bertz CT molecular complexity index is 1660. The number of hydrogen-bond donors (Lipinski definition) is 1. The van der Waals surface area contributed by atoms with Gasteiger partial charge < -0.3 is 14.6 Å². The van der Waals surface area contributed by atoms with Crippen LogP contribution in [0.5, 0.6) is 11.5 Å². The fourth-order valence-electron chi connectivity index (χ4n) is 5.27. The molecule has 1 amide bonds. The lowest BCUT2D eigenvalue weighted by molar-refractivity contribution is -0.132. The third kappa shape index (κ3) is 4.62. The second-order valence-electron chi connectivity index (χ2n) is 10.4. The molecule has 6 rings (SSSR count). The Kier molecular flexibility index (Phi) is 6.80. The lowest BCUT2D eigenvalue weighted by atomic mass is 9.94. The Hall–Kier alpha value is -4.17. The minimum absolute atomic E-state index is 0.0343. The lowest BCUT2D eigenvalue weighted by Gasteiger charge is -2.23. The first-order valence-electron chi connectivity index (χ1n) is 13.5. The van der Waals surface area contributed by atoms with E-state index in [0.29, 0.717) is 35.0 Å². The predicted molar refractivity (Wildman–Crippen MR) is 156 cm³/mol. The van der Waals surface area contributed by atoms with Crippen molar-refractivity contribution in [1.29, 1.82) is 0 Å². The number of aliphatic hydroxyl groups is 1. The average Bonchev–Trinajstić information content (AvgIpc) is 3.60. The highest BCUT2D eigenvalue weighted by Crippen LogP contribution is 2.45. The number of unbranched alkanes of at least 4 members (excludes halogenated alkanes) is 1. The molecule has 3 heterocycles. The van der Waals surface area contributed by atoms with E-state index < -0.39 is 17.7 Å². The summed E-state index contributed by atoms with van der Waals surface area (Å²) in [5.74, 6) is -0.203. The van der Waals surface area contributed by atoms with Crippen LogP contribution >= 0.6 is 11.3 Å². The van der Waals surface area contributed by atoms with Gasteiger partial charge in [-0.25, -0.2) is 4.98 Å². The van der Waals surface area contributed by atoms with E-state index in [0.717, 1.165) is 39.9 Å². The molecule has 1 fully saturated rings. The highest BCUT2D eigenvalue weighted by molar-refractivity contribution is 7.22. The van der Waals surface area contributed by atoms with Gasteiger partial charge in [-0.3, -0.25) is 14.5 Å². The minimum Gasteiger partial charge on any atom is -0.507 e. The van der Waals surface area contributed by atoms with Crippen molar-refractivity contribution in [3.63, 3.8) is 0 Å². The van der Waals surface area contributed by atoms with Crippen LogP contribution in [0.15, 0.2) is 66.2 Å². The molecule has 1 saturated heterocycles. The number of aryl methyl sites for hydroxylation is 1. The topological polar surface area (TPSA) is 89.0 Å². The molecule has 1 aromatic heterocycles. The van der Waals surface area contributed by atoms with Gasteiger partial charge in [0.2, 0.25) is 0 Å². The largest absolute Gasteiger partial charge is 0.507 e. The SMILES string of the molecule is CCCCOc1ccc([C@H]2C(=C(O)c3ccc4c(c3)C[C@@H](C)O4)C(=O)C(=O)N2c2nc3ccc(C)cc3s2)cc1. The molecule has 2 atom stereocenters. The van der Waals surface area contributed by atoms with Crippen molar-refractivity contribution in [3.05, 3.63) is 88.5 Å². The maximum absolute atomic E-state index is 13.6. The van der Waals surface area contributed by atoms with Gasteiger partial charge in [0.15, 0.2) is 5.13 Å². The zero-order valence-corrected chi connectivity index (χ0v) is 23.5. The van der Waals surface area contributed by atoms with Gasteiger partial charge >= 0.3 is 5.91 Å². The van der Waals surface area contributed by atoms with Gasteiger partial charge in [-0.2, -0.15) is 0 Å². The van der Waals surface area contributed by atoms with Crippen LogP contribution in [0.4, 0.5) is 5.13 Å². The number of thiazole rings is 1. The molecule has 0 aliphatic carbocycles. The summed E-state index contributed by atoms with van der Waals surface area (Å²) in [5.41, 5.74) is 3.97. The molecule has 0 saturated carbocycles. The molecule has 40 heavy (non-hydrogen) atoms. The lowest BCUT2D eigenvalue weighted by Crippen LogP contribution is -2.29. The summed E-state index contributed by atoms with van der Waals surface area (Å²) in [5, 5.41) is 12.0. The number of aliphatic hydroxyl groups excluding tert-OH is 1. The number of rotatable bonds is 7. The highest BCUT2D eigenvalue weighted by Gasteiger charge is 2.48. The first kappa shape index (κ1) is 26.1. The average molecular weight is 555 g/mol. The van der Waals surface area contributed by atoms with Gasteiger partial charge in [-0.05, 0) is 79.4 Å². The molecule has 4 aromatic rings. The summed E-state index contributed by atoms with van der Waals surface area (Å²) in [6.07, 6.45) is 2.73. The Balaban J connectivity index is 1.47. The molecule has 2 aliphatic heterocycles. The Morgan fingerprint density at radius 3 is 2.70 bits per heavy atom. The van der Waals surface area contributed by atoms with Gasteiger partial charge in [-0.1, -0.05) is 42.9 Å². The Morgan fingerprint density at radius 2 is 1.93 bits per heavy atom. The number of anilines is 1. The summed E-state index contributed by atoms with van der Waals surface area (Å²) in [6.45, 7) is 6.70. The smallest absolute Gasteiger partial charge is 0.301 e. The third-order valence-electron chi connectivity index (χ3n) is 7.32. The number of carbonyl (C=O) groups excluding carboxylic acids is 2. The molecule has 0 unspecified atom stereocenters. The fourth-order valence-corrected chi connectivity index (χ4v) is 6.36. The molecule has 204 valence electrons. The first-order valence-corrected chi connectivity index (χ1v) is 14.4. The standard InChI is InChI=1S/C32H30N2O5S/c1-4-5-14-38-23-10-7-20(8-11-23)28-27(29(35)21-9-13-25-22(17-21)16-19(3)39-25)30(36)31(37)34(28)32-33-24-12-6-18(2)15-26(24)40-32/h6-13,15,17,19,28,35H,4-5,14,16H2,1-3H3/t19-,28+/m1/s1. The van der Waals surface area contributed by atoms with E-state index in [9.17, 15) is 14.7 Å². The minimum atomic E-state index is -0.852. The number of ether oxygens (including phenoxy) is 2. The van der Waals surface area contributed by atoms with E-state index in [2.05, 4.69) is 6.92 Å². The summed E-state index contributed by atoms with van der Waals surface area (Å²) in [7, 11) is 0. The van der Waals surface area contributed by atoms with Crippen molar-refractivity contribution in [2.24, 2.45) is 0 Å². The number of amides is 1. The van der Waals surface area contributed by atoms with Crippen LogP contribution in [-0.2, 0) is 16.0 Å². The van der Waals surface area contributed by atoms with Crippen molar-refractivity contribution in [3.8, 4) is 11.5 Å². The number of Topliss-reactive ketones (excluding diaryl/α,β-unsaturated/α-hetero) is 1. The number of ketones is 1. The molecule has 1 N–H and O–H groups in total. The number of carbonyl (C=O) groups is 2. The van der Waals surface area contributed by atoms with Crippen molar-refractivity contribution in [2.75, 3.05) is 11.5 Å². The summed E-state index contributed by atoms with van der Waals surface area (Å²) < 4.78 is 12.6. The van der Waals surface area contributed by atoms with Crippen LogP contribution in [0.25, 0.3) is 16.0 Å². The maximum atomic E-state index is 13.6. The maximum Gasteiger partial charge on any atom is 0.301 e. The van der Waals surface area contributed by atoms with Crippen molar-refractivity contribution < 1.29 is 24.2 Å². The molecule has 0 radical (unpaired) electrons. The predicted octanol–water partition coefficient (Wildman–Crippen LogP) is 6.73. The van der Waals surface area contributed by atoms with Crippen LogP contribution in [0.2, 0.25) is 0 Å². The fraction of sp³-hybridized carbons (Fsp3) is 0.281. The second kappa shape index (κ2) is 10.4. The molecule has 2 aliphatic rings. The molecule has 0 bridgehead atoms. The van der Waals surface area contributed by atoms with Gasteiger partial charge in [0.1, 0.15) is 23.4 Å². The van der Waals surface area contributed by atoms with Crippen molar-refractivity contribution in [2.45, 2.75) is 52.2 Å². The van der Waals surface area contributed by atoms with Gasteiger partial charge in [0.05, 0.1) is 28.4 Å². The number of hydrogen-bond acceptors (Lipinski definition) is 7. The number of aromatic nitrogens is 1. The van der Waals surface area contributed by atoms with E-state index in [-0.39, 0.29) is 17.4 Å². The Labute approximate surface area is 236 Å². The van der Waals surface area contributed by atoms with Crippen LogP contribution in [0.3, 0.4) is 0 Å². The normalized spacial score (nSPS) is 19.7. The quantitative estimate of drug-likeness (QED) is 0.118. The first-order chi connectivity index (χ1) is 19.3. The van der Waals surface area contributed by atoms with Crippen molar-refractivity contribution in [1.82, 2.24) is 4.98 Å². The number of benzene rings is 3. The van der Waals surface area contributed by atoms with Gasteiger partial charge in [0, 0.05) is 12.0 Å². The Morgan fingerprint density at radius 1 is 1.12 bits per heavy atom. The number of nitrogens with zero attached hydrogens (tertiary/aromatic N) is 2. The van der Waals surface area contributed by atoms with Gasteiger partial charge in [-0.15, -0.1) is 0 Å². The second-order valence-corrected chi connectivity index (χ2v) is 11.4. The van der Waals surface area contributed by atoms with Crippen LogP contribution < -0.4 is 14.4 Å². The summed E-state index contributed by atoms with van der Waals surface area (Å²) in [6, 6.07) is 17.7. The van der Waals surface area contributed by atoms with Crippen LogP contribution in [-0.4, -0.2) is 34.5 Å². The zero-order chi connectivity index (χ0) is 28.0. The third-order valence-corrected chi connectivity index (χ3v) is 8.33.